The summed E-state index contributed by atoms with van der Waals surface area (Å²) in [6.45, 7) is 1.21. The van der Waals surface area contributed by atoms with Crippen molar-refractivity contribution in [2.45, 2.75) is 18.4 Å². The van der Waals surface area contributed by atoms with Gasteiger partial charge in [-0.05, 0) is 6.07 Å². The maximum atomic E-state index is 12.0. The maximum absolute atomic E-state index is 12.0. The van der Waals surface area contributed by atoms with E-state index in [4.69, 9.17) is 27.9 Å². The minimum atomic E-state index is -0.896. The minimum absolute atomic E-state index is 0.190. The van der Waals surface area contributed by atoms with E-state index in [0.29, 0.717) is 41.9 Å². The van der Waals surface area contributed by atoms with Crippen molar-refractivity contribution in [3.05, 3.63) is 21.9 Å². The van der Waals surface area contributed by atoms with Crippen LogP contribution in [0.15, 0.2) is 6.07 Å². The molecule has 1 fully saturated rings. The predicted molar refractivity (Wildman–Crippen MR) is 72.8 cm³/mol. The average Bonchev–Trinajstić information content (AvgIpc) is 2.65. The lowest BCUT2D eigenvalue weighted by Crippen LogP contribution is -2.46. The topological polar surface area (TPSA) is 63.5 Å². The third-order valence-corrected chi connectivity index (χ3v) is 4.19. The quantitative estimate of drug-likeness (QED) is 0.891. The van der Waals surface area contributed by atoms with Gasteiger partial charge in [0.05, 0.1) is 10.6 Å². The number of rotatable bonds is 3. The Labute approximate surface area is 121 Å². The van der Waals surface area contributed by atoms with Crippen molar-refractivity contribution in [2.75, 3.05) is 19.8 Å². The molecule has 2 N–H and O–H groups in total. The number of halogens is 2. The van der Waals surface area contributed by atoms with Crippen LogP contribution >= 0.6 is 23.2 Å². The van der Waals surface area contributed by atoms with Crippen LogP contribution in [0, 0.1) is 0 Å². The zero-order valence-corrected chi connectivity index (χ0v) is 12.1. The number of ether oxygens (including phenoxy) is 1. The van der Waals surface area contributed by atoms with Crippen molar-refractivity contribution in [1.82, 2.24) is 9.88 Å². The molecule has 5 nitrogen and oxygen atoms in total. The molecule has 1 aromatic rings. The maximum Gasteiger partial charge on any atom is 0.268 e. The average molecular weight is 307 g/mol. The fraction of sp³-hybridized carbons (Fsp3) is 0.583. The molecule has 2 heterocycles. The van der Waals surface area contributed by atoms with E-state index >= 15 is 0 Å². The Hall–Kier alpha value is -0.750. The van der Waals surface area contributed by atoms with Gasteiger partial charge in [-0.15, -0.1) is 0 Å². The summed E-state index contributed by atoms with van der Waals surface area (Å²) in [6.07, 6.45) is 1.03. The van der Waals surface area contributed by atoms with Crippen LogP contribution < -0.4 is 5.32 Å². The van der Waals surface area contributed by atoms with Crippen LogP contribution in [0.2, 0.25) is 10.2 Å². The number of nitrogens with zero attached hydrogens (tertiary/aromatic N) is 1. The van der Waals surface area contributed by atoms with E-state index < -0.39 is 5.60 Å². The molecule has 19 heavy (non-hydrogen) atoms. The largest absolute Gasteiger partial charge is 0.388 e. The van der Waals surface area contributed by atoms with Crippen LogP contribution in [0.25, 0.3) is 0 Å². The summed E-state index contributed by atoms with van der Waals surface area (Å²) in [4.78, 5) is 12.0. The summed E-state index contributed by atoms with van der Waals surface area (Å²) in [5, 5.41) is 13.6. The van der Waals surface area contributed by atoms with Gasteiger partial charge in [-0.25, -0.2) is 0 Å². The molecule has 0 bridgehead atoms. The standard InChI is InChI=1S/C12H16Cl2N2O3/c1-16-9(6-8(13)10(16)14)11(17)15-7-12(18)2-4-19-5-3-12/h6,18H,2-5,7H2,1H3,(H,15,17). The molecule has 0 aromatic carbocycles. The van der Waals surface area contributed by atoms with Gasteiger partial charge in [-0.3, -0.25) is 4.79 Å². The van der Waals surface area contributed by atoms with E-state index in [0.717, 1.165) is 0 Å². The van der Waals surface area contributed by atoms with Gasteiger partial charge in [-0.1, -0.05) is 23.2 Å². The van der Waals surface area contributed by atoms with E-state index in [2.05, 4.69) is 5.32 Å². The molecule has 106 valence electrons. The molecular formula is C12H16Cl2N2O3. The third-order valence-electron chi connectivity index (χ3n) is 3.35. The van der Waals surface area contributed by atoms with Crippen LogP contribution in [-0.2, 0) is 11.8 Å². The molecule has 0 saturated carbocycles. The van der Waals surface area contributed by atoms with E-state index in [-0.39, 0.29) is 12.5 Å². The lowest BCUT2D eigenvalue weighted by atomic mass is 9.94. The number of amides is 1. The molecular weight excluding hydrogens is 291 g/mol. The van der Waals surface area contributed by atoms with Gasteiger partial charge in [0.1, 0.15) is 10.8 Å². The second-order valence-corrected chi connectivity index (χ2v) is 5.51. The number of carbonyl (C=O) groups is 1. The van der Waals surface area contributed by atoms with Crippen molar-refractivity contribution in [1.29, 1.82) is 0 Å². The SMILES string of the molecule is Cn1c(C(=O)NCC2(O)CCOCC2)cc(Cl)c1Cl. The van der Waals surface area contributed by atoms with E-state index in [9.17, 15) is 9.90 Å². The Morgan fingerprint density at radius 2 is 2.16 bits per heavy atom. The summed E-state index contributed by atoms with van der Waals surface area (Å²) in [5.41, 5.74) is -0.530. The smallest absolute Gasteiger partial charge is 0.268 e. The first kappa shape index (κ1) is 14.7. The summed E-state index contributed by atoms with van der Waals surface area (Å²) in [7, 11) is 1.66. The van der Waals surface area contributed by atoms with E-state index in [1.165, 1.54) is 10.6 Å². The molecule has 1 aromatic heterocycles. The Kier molecular flexibility index (Phi) is 4.40. The first-order valence-corrected chi connectivity index (χ1v) is 6.77. The Morgan fingerprint density at radius 3 is 2.68 bits per heavy atom. The summed E-state index contributed by atoms with van der Waals surface area (Å²) in [5.74, 6) is -0.309. The zero-order valence-electron chi connectivity index (χ0n) is 10.6. The highest BCUT2D eigenvalue weighted by molar-refractivity contribution is 6.41. The summed E-state index contributed by atoms with van der Waals surface area (Å²) < 4.78 is 6.69. The molecule has 1 aliphatic rings. The van der Waals surface area contributed by atoms with E-state index in [1.807, 2.05) is 0 Å². The molecule has 1 aliphatic heterocycles. The highest BCUT2D eigenvalue weighted by Gasteiger charge is 2.30. The number of carbonyl (C=O) groups excluding carboxylic acids is 1. The van der Waals surface area contributed by atoms with E-state index in [1.54, 1.807) is 7.05 Å². The fourth-order valence-electron chi connectivity index (χ4n) is 2.02. The van der Waals surface area contributed by atoms with Crippen molar-refractivity contribution in [3.63, 3.8) is 0 Å². The number of aromatic nitrogens is 1. The zero-order chi connectivity index (χ0) is 14.0. The molecule has 2 rings (SSSR count). The highest BCUT2D eigenvalue weighted by Crippen LogP contribution is 2.25. The lowest BCUT2D eigenvalue weighted by molar-refractivity contribution is -0.0605. The first-order valence-electron chi connectivity index (χ1n) is 6.02. The van der Waals surface area contributed by atoms with Gasteiger partial charge in [0.15, 0.2) is 0 Å². The molecule has 0 unspecified atom stereocenters. The Bertz CT molecular complexity index is 482. The second-order valence-electron chi connectivity index (χ2n) is 4.75. The number of hydrogen-bond donors (Lipinski definition) is 2. The molecule has 0 spiro atoms. The van der Waals surface area contributed by atoms with Crippen LogP contribution in [-0.4, -0.2) is 40.9 Å². The Balaban J connectivity index is 1.99. The summed E-state index contributed by atoms with van der Waals surface area (Å²) in [6, 6.07) is 1.51. The highest BCUT2D eigenvalue weighted by atomic mass is 35.5. The monoisotopic (exact) mass is 306 g/mol. The van der Waals surface area contributed by atoms with Crippen molar-refractivity contribution in [3.8, 4) is 0 Å². The van der Waals surface area contributed by atoms with Gasteiger partial charge in [0, 0.05) is 39.6 Å². The molecule has 1 amide bonds. The van der Waals surface area contributed by atoms with Gasteiger partial charge in [0.25, 0.3) is 5.91 Å². The van der Waals surface area contributed by atoms with Crippen molar-refractivity contribution >= 4 is 29.1 Å². The van der Waals surface area contributed by atoms with Gasteiger partial charge >= 0.3 is 0 Å². The first-order chi connectivity index (χ1) is 8.93. The summed E-state index contributed by atoms with van der Waals surface area (Å²) >= 11 is 11.8. The molecule has 7 heteroatoms. The van der Waals surface area contributed by atoms with Crippen LogP contribution in [0.5, 0.6) is 0 Å². The molecule has 0 radical (unpaired) electrons. The van der Waals surface area contributed by atoms with Gasteiger partial charge in [0.2, 0.25) is 0 Å². The number of aliphatic hydroxyl groups is 1. The third kappa shape index (κ3) is 3.23. The number of nitrogens with one attached hydrogen (secondary N) is 1. The van der Waals surface area contributed by atoms with Gasteiger partial charge in [-0.2, -0.15) is 0 Å². The van der Waals surface area contributed by atoms with Crippen LogP contribution in [0.1, 0.15) is 23.3 Å². The number of hydrogen-bond acceptors (Lipinski definition) is 3. The minimum Gasteiger partial charge on any atom is -0.388 e. The normalized spacial score (nSPS) is 18.3. The van der Waals surface area contributed by atoms with Gasteiger partial charge < -0.3 is 19.7 Å². The van der Waals surface area contributed by atoms with Crippen LogP contribution in [0.4, 0.5) is 0 Å². The fourth-order valence-corrected chi connectivity index (χ4v) is 2.40. The molecule has 0 atom stereocenters. The van der Waals surface area contributed by atoms with Crippen LogP contribution in [0.3, 0.4) is 0 Å². The van der Waals surface area contributed by atoms with Crippen molar-refractivity contribution in [2.24, 2.45) is 7.05 Å². The predicted octanol–water partition coefficient (Wildman–Crippen LogP) is 1.60. The molecule has 0 aliphatic carbocycles. The lowest BCUT2D eigenvalue weighted by Gasteiger charge is -2.32. The second kappa shape index (κ2) is 5.71. The Morgan fingerprint density at radius 1 is 1.53 bits per heavy atom. The van der Waals surface area contributed by atoms with Crippen molar-refractivity contribution < 1.29 is 14.6 Å². The molecule has 1 saturated heterocycles.